The summed E-state index contributed by atoms with van der Waals surface area (Å²) in [6, 6.07) is 10.5. The number of fused-ring (bicyclic) bond motifs is 1. The fourth-order valence-electron chi connectivity index (χ4n) is 2.27. The third-order valence-corrected chi connectivity index (χ3v) is 5.15. The van der Waals surface area contributed by atoms with Crippen LogP contribution in [0, 0.1) is 0 Å². The number of carbonyl (C=O) groups excluding carboxylic acids is 1. The molecule has 1 aromatic heterocycles. The first-order valence-corrected chi connectivity index (χ1v) is 9.37. The van der Waals surface area contributed by atoms with E-state index in [9.17, 15) is 18.0 Å². The van der Waals surface area contributed by atoms with Gasteiger partial charge in [0.15, 0.2) is 5.58 Å². The lowest BCUT2D eigenvalue weighted by atomic mass is 10.2. The molecule has 2 aromatic carbocycles. The zero-order chi connectivity index (χ0) is 18.7. The second kappa shape index (κ2) is 7.32. The van der Waals surface area contributed by atoms with E-state index < -0.39 is 15.8 Å². The highest BCUT2D eigenvalue weighted by atomic mass is 35.5. The van der Waals surface area contributed by atoms with Gasteiger partial charge >= 0.3 is 5.76 Å². The molecule has 26 heavy (non-hydrogen) atoms. The van der Waals surface area contributed by atoms with Crippen LogP contribution in [0.2, 0.25) is 5.02 Å². The van der Waals surface area contributed by atoms with Crippen molar-refractivity contribution in [3.8, 4) is 0 Å². The van der Waals surface area contributed by atoms with E-state index in [1.807, 2.05) is 0 Å². The molecular weight excluding hydrogens is 382 g/mol. The SMILES string of the molecule is O=C(CCNS(=O)(=O)c1cccc(Cl)c1)Nc1ccc2oc(=O)[nH]c2c1. The number of H-pyrrole nitrogens is 1. The average Bonchev–Trinajstić information content (AvgIpc) is 2.94. The van der Waals surface area contributed by atoms with Crippen LogP contribution in [0.4, 0.5) is 5.69 Å². The Labute approximate surface area is 153 Å². The molecule has 1 heterocycles. The molecule has 0 unspecified atom stereocenters. The predicted octanol–water partition coefficient (Wildman–Crippen LogP) is 2.08. The third-order valence-electron chi connectivity index (χ3n) is 3.45. The molecule has 1 amide bonds. The molecule has 3 aromatic rings. The highest BCUT2D eigenvalue weighted by molar-refractivity contribution is 7.89. The third kappa shape index (κ3) is 4.31. The molecule has 10 heteroatoms. The van der Waals surface area contributed by atoms with Gasteiger partial charge in [-0.2, -0.15) is 0 Å². The number of carbonyl (C=O) groups is 1. The highest BCUT2D eigenvalue weighted by Gasteiger charge is 2.14. The van der Waals surface area contributed by atoms with E-state index in [0.717, 1.165) is 0 Å². The van der Waals surface area contributed by atoms with E-state index in [-0.39, 0.29) is 23.8 Å². The van der Waals surface area contributed by atoms with Crippen LogP contribution in [0.3, 0.4) is 0 Å². The van der Waals surface area contributed by atoms with E-state index in [2.05, 4.69) is 15.0 Å². The number of sulfonamides is 1. The van der Waals surface area contributed by atoms with Crippen LogP contribution in [0.5, 0.6) is 0 Å². The van der Waals surface area contributed by atoms with Crippen molar-refractivity contribution < 1.29 is 17.6 Å². The monoisotopic (exact) mass is 395 g/mol. The van der Waals surface area contributed by atoms with Crippen molar-refractivity contribution in [1.82, 2.24) is 9.71 Å². The number of rotatable bonds is 6. The number of oxazole rings is 1. The standard InChI is InChI=1S/C16H14ClN3O5S/c17-10-2-1-3-12(8-10)26(23,24)18-7-6-15(21)19-11-4-5-14-13(9-11)20-16(22)25-14/h1-5,8-9,18H,6-7H2,(H,19,21)(H,20,22). The first-order chi connectivity index (χ1) is 12.3. The van der Waals surface area contributed by atoms with Crippen molar-refractivity contribution in [2.75, 3.05) is 11.9 Å². The van der Waals surface area contributed by atoms with Crippen molar-refractivity contribution in [2.45, 2.75) is 11.3 Å². The van der Waals surface area contributed by atoms with Crippen molar-refractivity contribution >= 4 is 44.3 Å². The van der Waals surface area contributed by atoms with Gasteiger partial charge in [0.05, 0.1) is 10.4 Å². The van der Waals surface area contributed by atoms with E-state index in [1.165, 1.54) is 18.2 Å². The number of hydrogen-bond acceptors (Lipinski definition) is 5. The summed E-state index contributed by atoms with van der Waals surface area (Å²) in [5.41, 5.74) is 1.29. The second-order valence-electron chi connectivity index (χ2n) is 5.38. The van der Waals surface area contributed by atoms with Gasteiger partial charge in [0, 0.05) is 23.7 Å². The van der Waals surface area contributed by atoms with Crippen molar-refractivity contribution in [3.63, 3.8) is 0 Å². The highest BCUT2D eigenvalue weighted by Crippen LogP contribution is 2.17. The molecule has 0 saturated heterocycles. The number of anilines is 1. The Balaban J connectivity index is 1.57. The van der Waals surface area contributed by atoms with Gasteiger partial charge < -0.3 is 9.73 Å². The lowest BCUT2D eigenvalue weighted by Gasteiger charge is -2.08. The fraction of sp³-hybridized carbons (Fsp3) is 0.125. The number of aromatic nitrogens is 1. The Kier molecular flexibility index (Phi) is 5.12. The van der Waals surface area contributed by atoms with E-state index in [0.29, 0.717) is 21.8 Å². The molecule has 0 radical (unpaired) electrons. The molecule has 3 N–H and O–H groups in total. The molecule has 0 atom stereocenters. The summed E-state index contributed by atoms with van der Waals surface area (Å²) in [5.74, 6) is -0.970. The molecule has 136 valence electrons. The summed E-state index contributed by atoms with van der Waals surface area (Å²) in [6.45, 7) is -0.0779. The maximum atomic E-state index is 12.1. The number of aromatic amines is 1. The molecule has 0 fully saturated rings. The summed E-state index contributed by atoms with van der Waals surface area (Å²) in [7, 11) is -3.74. The topological polar surface area (TPSA) is 121 Å². The zero-order valence-electron chi connectivity index (χ0n) is 13.3. The molecule has 0 spiro atoms. The summed E-state index contributed by atoms with van der Waals surface area (Å²) in [5, 5.41) is 2.92. The second-order valence-corrected chi connectivity index (χ2v) is 7.58. The maximum Gasteiger partial charge on any atom is 0.417 e. The Morgan fingerprint density at radius 2 is 2.00 bits per heavy atom. The Bertz CT molecular complexity index is 1120. The molecule has 0 aliphatic carbocycles. The number of benzene rings is 2. The molecule has 8 nitrogen and oxygen atoms in total. The maximum absolute atomic E-state index is 12.1. The minimum Gasteiger partial charge on any atom is -0.408 e. The van der Waals surface area contributed by atoms with E-state index in [4.69, 9.17) is 16.0 Å². The molecule has 0 saturated carbocycles. The van der Waals surface area contributed by atoms with Crippen molar-refractivity contribution in [2.24, 2.45) is 0 Å². The van der Waals surface area contributed by atoms with Crippen LogP contribution in [0.25, 0.3) is 11.1 Å². The Morgan fingerprint density at radius 3 is 2.77 bits per heavy atom. The van der Waals surface area contributed by atoms with Gasteiger partial charge in [0.25, 0.3) is 0 Å². The Morgan fingerprint density at radius 1 is 1.19 bits per heavy atom. The molecule has 0 aliphatic heterocycles. The summed E-state index contributed by atoms with van der Waals surface area (Å²) in [6.07, 6.45) is -0.0697. The van der Waals surface area contributed by atoms with Gasteiger partial charge in [-0.3, -0.25) is 9.78 Å². The van der Waals surface area contributed by atoms with Crippen LogP contribution in [0.15, 0.2) is 56.6 Å². The average molecular weight is 396 g/mol. The molecule has 3 rings (SSSR count). The van der Waals surface area contributed by atoms with E-state index in [1.54, 1.807) is 24.3 Å². The fourth-order valence-corrected chi connectivity index (χ4v) is 3.60. The first kappa shape index (κ1) is 18.2. The smallest absolute Gasteiger partial charge is 0.408 e. The normalized spacial score (nSPS) is 11.6. The first-order valence-electron chi connectivity index (χ1n) is 7.51. The largest absolute Gasteiger partial charge is 0.417 e. The van der Waals surface area contributed by atoms with Crippen LogP contribution in [-0.2, 0) is 14.8 Å². The van der Waals surface area contributed by atoms with Crippen LogP contribution in [-0.4, -0.2) is 25.9 Å². The lowest BCUT2D eigenvalue weighted by molar-refractivity contribution is -0.116. The number of hydrogen-bond donors (Lipinski definition) is 3. The molecule has 0 aliphatic rings. The van der Waals surface area contributed by atoms with Gasteiger partial charge in [-0.15, -0.1) is 0 Å². The Hall–Kier alpha value is -2.62. The quantitative estimate of drug-likeness (QED) is 0.590. The van der Waals surface area contributed by atoms with Gasteiger partial charge in [0.2, 0.25) is 15.9 Å². The number of amides is 1. The van der Waals surface area contributed by atoms with Gasteiger partial charge in [-0.05, 0) is 36.4 Å². The van der Waals surface area contributed by atoms with Crippen LogP contribution in [0.1, 0.15) is 6.42 Å². The zero-order valence-corrected chi connectivity index (χ0v) is 14.9. The van der Waals surface area contributed by atoms with E-state index >= 15 is 0 Å². The lowest BCUT2D eigenvalue weighted by Crippen LogP contribution is -2.27. The van der Waals surface area contributed by atoms with Crippen molar-refractivity contribution in [3.05, 3.63) is 58.0 Å². The molecular formula is C16H14ClN3O5S. The van der Waals surface area contributed by atoms with Gasteiger partial charge in [-0.1, -0.05) is 17.7 Å². The van der Waals surface area contributed by atoms with Gasteiger partial charge in [-0.25, -0.2) is 17.9 Å². The number of nitrogens with one attached hydrogen (secondary N) is 3. The van der Waals surface area contributed by atoms with Gasteiger partial charge in [0.1, 0.15) is 0 Å². The van der Waals surface area contributed by atoms with Crippen LogP contribution >= 0.6 is 11.6 Å². The summed E-state index contributed by atoms with van der Waals surface area (Å²) < 4.78 is 31.5. The van der Waals surface area contributed by atoms with Crippen LogP contribution < -0.4 is 15.8 Å². The summed E-state index contributed by atoms with van der Waals surface area (Å²) in [4.78, 5) is 25.6. The van der Waals surface area contributed by atoms with Crippen molar-refractivity contribution in [1.29, 1.82) is 0 Å². The molecule has 0 bridgehead atoms. The number of halogens is 1. The minimum atomic E-state index is -3.74. The minimum absolute atomic E-state index is 0.0276. The predicted molar refractivity (Wildman–Crippen MR) is 96.7 cm³/mol. The summed E-state index contributed by atoms with van der Waals surface area (Å²) >= 11 is 5.78.